The number of carbonyl (C=O) groups excluding carboxylic acids is 3. The second-order valence-corrected chi connectivity index (χ2v) is 7.01. The van der Waals surface area contributed by atoms with Crippen molar-refractivity contribution < 1.29 is 23.9 Å². The molecule has 0 aliphatic carbocycles. The van der Waals surface area contributed by atoms with Crippen LogP contribution in [0.3, 0.4) is 0 Å². The summed E-state index contributed by atoms with van der Waals surface area (Å²) in [5, 5.41) is 11.9. The molecular formula is C21H21N5O5. The first kappa shape index (κ1) is 20.3. The molecule has 10 heteroatoms. The van der Waals surface area contributed by atoms with Crippen molar-refractivity contribution in [3.05, 3.63) is 54.1 Å². The highest BCUT2D eigenvalue weighted by Crippen LogP contribution is 2.36. The van der Waals surface area contributed by atoms with Crippen LogP contribution < -0.4 is 19.7 Å². The highest BCUT2D eigenvalue weighted by Gasteiger charge is 2.55. The molecule has 2 atom stereocenters. The summed E-state index contributed by atoms with van der Waals surface area (Å²) in [5.41, 5.74) is 1.29. The Kier molecular flexibility index (Phi) is 5.52. The first-order chi connectivity index (χ1) is 15.0. The summed E-state index contributed by atoms with van der Waals surface area (Å²) < 4.78 is 10.5. The zero-order valence-electron chi connectivity index (χ0n) is 17.0. The topological polar surface area (TPSA) is 113 Å². The Balaban J connectivity index is 1.46. The number of amides is 3. The molecule has 2 aliphatic rings. The molecule has 4 rings (SSSR count). The van der Waals surface area contributed by atoms with Gasteiger partial charge >= 0.3 is 0 Å². The number of methoxy groups -OCH3 is 2. The summed E-state index contributed by atoms with van der Waals surface area (Å²) in [6.45, 7) is 0.166. The molecule has 0 saturated carbocycles. The second-order valence-electron chi connectivity index (χ2n) is 7.01. The van der Waals surface area contributed by atoms with Crippen LogP contribution in [0.2, 0.25) is 0 Å². The Morgan fingerprint density at radius 3 is 2.48 bits per heavy atom. The van der Waals surface area contributed by atoms with Gasteiger partial charge in [0.05, 0.1) is 19.9 Å². The van der Waals surface area contributed by atoms with E-state index >= 15 is 0 Å². The van der Waals surface area contributed by atoms with Gasteiger partial charge in [-0.1, -0.05) is 35.6 Å². The lowest BCUT2D eigenvalue weighted by Crippen LogP contribution is -2.44. The number of nitrogens with zero attached hydrogens (tertiary/aromatic N) is 4. The van der Waals surface area contributed by atoms with E-state index in [0.29, 0.717) is 23.7 Å². The number of hydrogen-bond acceptors (Lipinski definition) is 8. The number of anilines is 1. The van der Waals surface area contributed by atoms with Crippen LogP contribution in [-0.2, 0) is 20.9 Å². The SMILES string of the molecule is COc1ccc(N2C(=O)[C@@H]3N=NN(CC(=O)NCc4ccccc4)[C@H]3C2=O)cc1OC. The molecule has 0 spiro atoms. The van der Waals surface area contributed by atoms with E-state index in [1.165, 1.54) is 19.2 Å². The van der Waals surface area contributed by atoms with E-state index in [1.807, 2.05) is 30.3 Å². The number of ether oxygens (including phenoxy) is 2. The molecule has 2 aliphatic heterocycles. The van der Waals surface area contributed by atoms with Crippen LogP contribution in [0.4, 0.5) is 5.69 Å². The van der Waals surface area contributed by atoms with E-state index in [-0.39, 0.29) is 12.5 Å². The number of imide groups is 1. The van der Waals surface area contributed by atoms with Crippen molar-refractivity contribution in [1.29, 1.82) is 0 Å². The fourth-order valence-corrected chi connectivity index (χ4v) is 3.57. The van der Waals surface area contributed by atoms with Crippen LogP contribution in [0, 0.1) is 0 Å². The average Bonchev–Trinajstić information content (AvgIpc) is 3.31. The van der Waals surface area contributed by atoms with Gasteiger partial charge in [0, 0.05) is 12.6 Å². The third-order valence-corrected chi connectivity index (χ3v) is 5.12. The number of hydrogen-bond donors (Lipinski definition) is 1. The third kappa shape index (κ3) is 3.79. The van der Waals surface area contributed by atoms with Gasteiger partial charge in [-0.05, 0) is 17.7 Å². The van der Waals surface area contributed by atoms with Gasteiger partial charge in [-0.3, -0.25) is 19.4 Å². The van der Waals surface area contributed by atoms with Crippen LogP contribution in [0.5, 0.6) is 11.5 Å². The lowest BCUT2D eigenvalue weighted by atomic mass is 10.1. The van der Waals surface area contributed by atoms with Crippen LogP contribution in [0.1, 0.15) is 5.56 Å². The molecular weight excluding hydrogens is 402 g/mol. The maximum Gasteiger partial charge on any atom is 0.263 e. The fourth-order valence-electron chi connectivity index (χ4n) is 3.57. The van der Waals surface area contributed by atoms with Gasteiger partial charge in [-0.2, -0.15) is 5.11 Å². The fraction of sp³-hybridized carbons (Fsp3) is 0.286. The Labute approximate surface area is 178 Å². The summed E-state index contributed by atoms with van der Waals surface area (Å²) in [5.74, 6) is -0.465. The van der Waals surface area contributed by atoms with Gasteiger partial charge in [-0.25, -0.2) is 4.90 Å². The summed E-state index contributed by atoms with van der Waals surface area (Å²) in [6.07, 6.45) is 0. The van der Waals surface area contributed by atoms with Gasteiger partial charge in [0.25, 0.3) is 11.8 Å². The minimum absolute atomic E-state index is 0.184. The minimum atomic E-state index is -0.984. The summed E-state index contributed by atoms with van der Waals surface area (Å²) in [6, 6.07) is 12.3. The van der Waals surface area contributed by atoms with Crippen LogP contribution in [0.15, 0.2) is 58.9 Å². The van der Waals surface area contributed by atoms with Crippen molar-refractivity contribution in [3.63, 3.8) is 0 Å². The normalized spacial score (nSPS) is 19.5. The Morgan fingerprint density at radius 1 is 1.03 bits per heavy atom. The van der Waals surface area contributed by atoms with Crippen molar-refractivity contribution in [1.82, 2.24) is 10.3 Å². The smallest absolute Gasteiger partial charge is 0.263 e. The molecule has 0 radical (unpaired) electrons. The molecule has 2 aromatic rings. The number of fused-ring (bicyclic) bond motifs is 1. The molecule has 0 bridgehead atoms. The highest BCUT2D eigenvalue weighted by molar-refractivity contribution is 6.25. The quantitative estimate of drug-likeness (QED) is 0.672. The zero-order chi connectivity index (χ0) is 22.0. The van der Waals surface area contributed by atoms with Gasteiger partial charge in [0.2, 0.25) is 5.91 Å². The van der Waals surface area contributed by atoms with Crippen LogP contribution >= 0.6 is 0 Å². The van der Waals surface area contributed by atoms with Crippen molar-refractivity contribution in [3.8, 4) is 11.5 Å². The number of nitrogens with one attached hydrogen (secondary N) is 1. The molecule has 0 unspecified atom stereocenters. The summed E-state index contributed by atoms with van der Waals surface area (Å²) in [4.78, 5) is 39.3. The Hall–Kier alpha value is -3.95. The van der Waals surface area contributed by atoms with E-state index < -0.39 is 23.9 Å². The summed E-state index contributed by atoms with van der Waals surface area (Å²) in [7, 11) is 2.96. The van der Waals surface area contributed by atoms with E-state index in [9.17, 15) is 14.4 Å². The first-order valence-electron chi connectivity index (χ1n) is 9.61. The molecule has 1 fully saturated rings. The van der Waals surface area contributed by atoms with Crippen molar-refractivity contribution in [2.45, 2.75) is 18.6 Å². The predicted octanol–water partition coefficient (Wildman–Crippen LogP) is 1.31. The van der Waals surface area contributed by atoms with Crippen molar-refractivity contribution >= 4 is 23.4 Å². The Morgan fingerprint density at radius 2 is 1.77 bits per heavy atom. The molecule has 3 amide bonds. The molecule has 10 nitrogen and oxygen atoms in total. The minimum Gasteiger partial charge on any atom is -0.493 e. The predicted molar refractivity (Wildman–Crippen MR) is 109 cm³/mol. The highest BCUT2D eigenvalue weighted by atomic mass is 16.5. The molecule has 31 heavy (non-hydrogen) atoms. The molecule has 160 valence electrons. The largest absolute Gasteiger partial charge is 0.493 e. The lowest BCUT2D eigenvalue weighted by molar-refractivity contribution is -0.125. The van der Waals surface area contributed by atoms with E-state index in [1.54, 1.807) is 18.2 Å². The third-order valence-electron chi connectivity index (χ3n) is 5.12. The van der Waals surface area contributed by atoms with E-state index in [0.717, 1.165) is 10.5 Å². The van der Waals surface area contributed by atoms with Crippen LogP contribution in [-0.4, -0.2) is 55.6 Å². The lowest BCUT2D eigenvalue weighted by Gasteiger charge is -2.20. The van der Waals surface area contributed by atoms with Crippen LogP contribution in [0.25, 0.3) is 0 Å². The zero-order valence-corrected chi connectivity index (χ0v) is 17.0. The molecule has 2 aromatic carbocycles. The van der Waals surface area contributed by atoms with Crippen molar-refractivity contribution in [2.75, 3.05) is 25.7 Å². The molecule has 1 saturated heterocycles. The Bertz CT molecular complexity index is 1040. The number of rotatable bonds is 7. The summed E-state index contributed by atoms with van der Waals surface area (Å²) >= 11 is 0. The van der Waals surface area contributed by atoms with Gasteiger partial charge in [0.15, 0.2) is 23.6 Å². The number of benzene rings is 2. The van der Waals surface area contributed by atoms with Crippen molar-refractivity contribution in [2.24, 2.45) is 10.3 Å². The average molecular weight is 423 g/mol. The first-order valence-corrected chi connectivity index (χ1v) is 9.61. The standard InChI is InChI=1S/C21H21N5O5/c1-30-15-9-8-14(10-16(15)31-2)26-20(28)18-19(21(26)29)25(24-23-18)12-17(27)22-11-13-6-4-3-5-7-13/h3-10,18-19H,11-12H2,1-2H3,(H,22,27)/t18-,19-/m1/s1. The van der Waals surface area contributed by atoms with E-state index in [4.69, 9.17) is 9.47 Å². The maximum atomic E-state index is 13.1. The van der Waals surface area contributed by atoms with Gasteiger partial charge < -0.3 is 14.8 Å². The van der Waals surface area contributed by atoms with Gasteiger partial charge in [-0.15, -0.1) is 0 Å². The molecule has 1 N–H and O–H groups in total. The number of carbonyl (C=O) groups is 3. The molecule has 0 aromatic heterocycles. The molecule has 2 heterocycles. The monoisotopic (exact) mass is 423 g/mol. The maximum absolute atomic E-state index is 13.1. The van der Waals surface area contributed by atoms with E-state index in [2.05, 4.69) is 15.7 Å². The van der Waals surface area contributed by atoms with Gasteiger partial charge in [0.1, 0.15) is 6.54 Å². The second kappa shape index (κ2) is 8.42.